The lowest BCUT2D eigenvalue weighted by atomic mass is 10.4. The fourth-order valence-corrected chi connectivity index (χ4v) is 6.67. The van der Waals surface area contributed by atoms with E-state index in [4.69, 9.17) is 0 Å². The highest BCUT2D eigenvalue weighted by Gasteiger charge is 2.25. The molecule has 0 bridgehead atoms. The molecule has 0 spiro atoms. The Morgan fingerprint density at radius 2 is 1.73 bits per heavy atom. The standard InChI is InChI=1S/C15H17N3O5S3/c19-15-16-8-10-18(15)11-9-17-26(22,23)14-7-6-13(24-14)25(20,21)12-4-2-1-3-5-12/h1-7,17H,8-11H2,(H,16,19). The Balaban J connectivity index is 1.71. The van der Waals surface area contributed by atoms with Crippen molar-refractivity contribution in [2.45, 2.75) is 13.3 Å². The summed E-state index contributed by atoms with van der Waals surface area (Å²) in [7, 11) is -7.60. The van der Waals surface area contributed by atoms with Crippen molar-refractivity contribution in [3.8, 4) is 0 Å². The molecule has 26 heavy (non-hydrogen) atoms. The summed E-state index contributed by atoms with van der Waals surface area (Å²) in [4.78, 5) is 13.0. The Morgan fingerprint density at radius 1 is 1.04 bits per heavy atom. The number of benzene rings is 1. The fraction of sp³-hybridized carbons (Fsp3) is 0.267. The lowest BCUT2D eigenvalue weighted by Gasteiger charge is -2.13. The topological polar surface area (TPSA) is 113 Å². The molecule has 1 aromatic heterocycles. The van der Waals surface area contributed by atoms with Gasteiger partial charge < -0.3 is 10.2 Å². The second-order valence-corrected chi connectivity index (χ2v) is 10.8. The molecule has 11 heteroatoms. The summed E-state index contributed by atoms with van der Waals surface area (Å²) < 4.78 is 52.1. The van der Waals surface area contributed by atoms with Gasteiger partial charge in [0, 0.05) is 26.2 Å². The number of carbonyl (C=O) groups excluding carboxylic acids is 1. The summed E-state index contributed by atoms with van der Waals surface area (Å²) >= 11 is 0.694. The van der Waals surface area contributed by atoms with Gasteiger partial charge in [0.1, 0.15) is 8.42 Å². The first kappa shape index (κ1) is 18.8. The number of sulfone groups is 1. The number of urea groups is 1. The van der Waals surface area contributed by atoms with Gasteiger partial charge in [0.25, 0.3) is 0 Å². The molecule has 8 nitrogen and oxygen atoms in total. The number of hydrogen-bond acceptors (Lipinski definition) is 6. The molecule has 2 amide bonds. The van der Waals surface area contributed by atoms with Crippen LogP contribution in [-0.2, 0) is 19.9 Å². The number of rotatable bonds is 7. The molecular weight excluding hydrogens is 398 g/mol. The van der Waals surface area contributed by atoms with Crippen LogP contribution in [0.25, 0.3) is 0 Å². The van der Waals surface area contributed by atoms with Crippen LogP contribution in [0.2, 0.25) is 0 Å². The van der Waals surface area contributed by atoms with Crippen molar-refractivity contribution in [1.82, 2.24) is 14.9 Å². The van der Waals surface area contributed by atoms with E-state index < -0.39 is 19.9 Å². The molecule has 1 fully saturated rings. The van der Waals surface area contributed by atoms with Gasteiger partial charge in [0.2, 0.25) is 19.9 Å². The zero-order valence-electron chi connectivity index (χ0n) is 13.6. The minimum Gasteiger partial charge on any atom is -0.336 e. The summed E-state index contributed by atoms with van der Waals surface area (Å²) in [6, 6.07) is 10.2. The van der Waals surface area contributed by atoms with E-state index in [0.717, 1.165) is 0 Å². The molecule has 2 aromatic rings. The number of thiophene rings is 1. The number of hydrogen-bond donors (Lipinski definition) is 2. The maximum Gasteiger partial charge on any atom is 0.317 e. The smallest absolute Gasteiger partial charge is 0.317 e. The molecular formula is C15H17N3O5S3. The largest absolute Gasteiger partial charge is 0.336 e. The Morgan fingerprint density at radius 3 is 2.38 bits per heavy atom. The van der Waals surface area contributed by atoms with Gasteiger partial charge in [-0.1, -0.05) is 18.2 Å². The van der Waals surface area contributed by atoms with Crippen molar-refractivity contribution in [3.05, 3.63) is 42.5 Å². The molecule has 0 aliphatic carbocycles. The molecule has 1 saturated heterocycles. The van der Waals surface area contributed by atoms with Crippen molar-refractivity contribution < 1.29 is 21.6 Å². The quantitative estimate of drug-likeness (QED) is 0.697. The van der Waals surface area contributed by atoms with Crippen LogP contribution in [0.3, 0.4) is 0 Å². The summed E-state index contributed by atoms with van der Waals surface area (Å²) in [6.45, 7) is 1.36. The van der Waals surface area contributed by atoms with Crippen LogP contribution in [0.15, 0.2) is 55.8 Å². The van der Waals surface area contributed by atoms with Crippen molar-refractivity contribution in [1.29, 1.82) is 0 Å². The van der Waals surface area contributed by atoms with Gasteiger partial charge in [-0.05, 0) is 24.3 Å². The van der Waals surface area contributed by atoms with E-state index in [-0.39, 0.29) is 32.4 Å². The molecule has 0 unspecified atom stereocenters. The Labute approximate surface area is 155 Å². The minimum atomic E-state index is -3.85. The molecule has 0 atom stereocenters. The lowest BCUT2D eigenvalue weighted by Crippen LogP contribution is -2.36. The van der Waals surface area contributed by atoms with E-state index in [1.807, 2.05) is 0 Å². The van der Waals surface area contributed by atoms with E-state index in [1.165, 1.54) is 29.2 Å². The first-order valence-corrected chi connectivity index (χ1v) is 11.5. The third kappa shape index (κ3) is 3.90. The molecule has 140 valence electrons. The molecule has 2 heterocycles. The molecule has 2 N–H and O–H groups in total. The number of nitrogens with one attached hydrogen (secondary N) is 2. The maximum absolute atomic E-state index is 12.5. The minimum absolute atomic E-state index is 0.0389. The molecule has 1 aliphatic heterocycles. The maximum atomic E-state index is 12.5. The summed E-state index contributed by atoms with van der Waals surface area (Å²) in [5.41, 5.74) is 0. The van der Waals surface area contributed by atoms with Gasteiger partial charge in [0.05, 0.1) is 4.90 Å². The third-order valence-corrected chi connectivity index (χ3v) is 9.06. The number of nitrogens with zero attached hydrogens (tertiary/aromatic N) is 1. The van der Waals surface area contributed by atoms with Gasteiger partial charge in [-0.15, -0.1) is 11.3 Å². The zero-order valence-corrected chi connectivity index (χ0v) is 16.0. The second kappa shape index (κ2) is 7.35. The van der Waals surface area contributed by atoms with Crippen LogP contribution >= 0.6 is 11.3 Å². The highest BCUT2D eigenvalue weighted by Crippen LogP contribution is 2.29. The fourth-order valence-electron chi connectivity index (χ4n) is 2.42. The molecule has 0 radical (unpaired) electrons. The normalized spacial score (nSPS) is 15.2. The Bertz CT molecular complexity index is 1000. The van der Waals surface area contributed by atoms with Gasteiger partial charge >= 0.3 is 6.03 Å². The molecule has 3 rings (SSSR count). The van der Waals surface area contributed by atoms with Crippen molar-refractivity contribution in [3.63, 3.8) is 0 Å². The Kier molecular flexibility index (Phi) is 5.32. The van der Waals surface area contributed by atoms with Crippen molar-refractivity contribution in [2.75, 3.05) is 26.2 Å². The van der Waals surface area contributed by atoms with Crippen LogP contribution in [0.4, 0.5) is 4.79 Å². The third-order valence-electron chi connectivity index (χ3n) is 3.76. The average molecular weight is 416 g/mol. The summed E-state index contributed by atoms with van der Waals surface area (Å²) in [5.74, 6) is 0. The summed E-state index contributed by atoms with van der Waals surface area (Å²) in [6.07, 6.45) is 0. The van der Waals surface area contributed by atoms with E-state index in [2.05, 4.69) is 10.0 Å². The van der Waals surface area contributed by atoms with E-state index in [0.29, 0.717) is 24.4 Å². The second-order valence-electron chi connectivity index (χ2n) is 5.51. The zero-order chi connectivity index (χ0) is 18.8. The average Bonchev–Trinajstić information content (AvgIpc) is 3.26. The number of amides is 2. The molecule has 1 aliphatic rings. The van der Waals surface area contributed by atoms with Gasteiger partial charge in [0.15, 0.2) is 0 Å². The van der Waals surface area contributed by atoms with E-state index >= 15 is 0 Å². The van der Waals surface area contributed by atoms with Gasteiger partial charge in [-0.2, -0.15) is 0 Å². The first-order valence-electron chi connectivity index (χ1n) is 7.73. The van der Waals surface area contributed by atoms with Crippen LogP contribution in [0.1, 0.15) is 0 Å². The van der Waals surface area contributed by atoms with Gasteiger partial charge in [-0.3, -0.25) is 0 Å². The van der Waals surface area contributed by atoms with Crippen LogP contribution < -0.4 is 10.0 Å². The van der Waals surface area contributed by atoms with E-state index in [9.17, 15) is 21.6 Å². The first-order chi connectivity index (χ1) is 12.3. The highest BCUT2D eigenvalue weighted by atomic mass is 32.3. The van der Waals surface area contributed by atoms with E-state index in [1.54, 1.807) is 18.2 Å². The molecule has 0 saturated carbocycles. The van der Waals surface area contributed by atoms with Crippen LogP contribution in [-0.4, -0.2) is 53.9 Å². The lowest BCUT2D eigenvalue weighted by molar-refractivity contribution is 0.218. The predicted octanol–water partition coefficient (Wildman–Crippen LogP) is 0.884. The predicted molar refractivity (Wildman–Crippen MR) is 96.4 cm³/mol. The number of carbonyl (C=O) groups is 1. The monoisotopic (exact) mass is 415 g/mol. The van der Waals surface area contributed by atoms with Crippen LogP contribution in [0.5, 0.6) is 0 Å². The number of sulfonamides is 1. The van der Waals surface area contributed by atoms with Gasteiger partial charge in [-0.25, -0.2) is 26.4 Å². The molecule has 1 aromatic carbocycles. The van der Waals surface area contributed by atoms with Crippen molar-refractivity contribution >= 4 is 37.2 Å². The highest BCUT2D eigenvalue weighted by molar-refractivity contribution is 7.95. The SMILES string of the molecule is O=C1NCCN1CCNS(=O)(=O)c1ccc(S(=O)(=O)c2ccccc2)s1. The van der Waals surface area contributed by atoms with Crippen molar-refractivity contribution in [2.24, 2.45) is 0 Å². The van der Waals surface area contributed by atoms with Crippen LogP contribution in [0, 0.1) is 0 Å². The summed E-state index contributed by atoms with van der Waals surface area (Å²) in [5, 5.41) is 2.63. The Hall–Kier alpha value is -1.95.